The van der Waals surface area contributed by atoms with Crippen molar-refractivity contribution >= 4 is 29.9 Å². The maximum Gasteiger partial charge on any atom is 0.191 e. The number of hydrogen-bond acceptors (Lipinski definition) is 4. The maximum absolute atomic E-state index is 5.26. The number of aliphatic imine (C=N–C) groups is 1. The summed E-state index contributed by atoms with van der Waals surface area (Å²) in [5, 5.41) is 10.4. The van der Waals surface area contributed by atoms with Gasteiger partial charge in [0.2, 0.25) is 0 Å². The molecule has 0 aliphatic carbocycles. The summed E-state index contributed by atoms with van der Waals surface area (Å²) < 4.78 is 10.4. The highest BCUT2D eigenvalue weighted by molar-refractivity contribution is 14.0. The predicted octanol–water partition coefficient (Wildman–Crippen LogP) is 2.41. The molecule has 0 spiro atoms. The number of rotatable bonds is 5. The van der Waals surface area contributed by atoms with Gasteiger partial charge in [0, 0.05) is 19.2 Å². The highest BCUT2D eigenvalue weighted by atomic mass is 127. The molecular formula is C14H21IN4O2. The predicted molar refractivity (Wildman–Crippen MR) is 92.0 cm³/mol. The lowest BCUT2D eigenvalue weighted by Gasteiger charge is -2.10. The van der Waals surface area contributed by atoms with E-state index in [4.69, 9.17) is 8.94 Å². The minimum absolute atomic E-state index is 0. The molecule has 0 saturated carbocycles. The van der Waals surface area contributed by atoms with Gasteiger partial charge in [0.1, 0.15) is 11.5 Å². The lowest BCUT2D eigenvalue weighted by atomic mass is 10.1. The Kier molecular flexibility index (Phi) is 7.27. The quantitative estimate of drug-likeness (QED) is 0.455. The van der Waals surface area contributed by atoms with Crippen LogP contribution in [-0.4, -0.2) is 24.7 Å². The van der Waals surface area contributed by atoms with Crippen LogP contribution in [-0.2, 0) is 13.0 Å². The second kappa shape index (κ2) is 8.71. The molecule has 2 N–H and O–H groups in total. The van der Waals surface area contributed by atoms with E-state index in [9.17, 15) is 0 Å². The highest BCUT2D eigenvalue weighted by Crippen LogP contribution is 2.11. The molecule has 0 aliphatic heterocycles. The Morgan fingerprint density at radius 1 is 1.33 bits per heavy atom. The van der Waals surface area contributed by atoms with Gasteiger partial charge in [-0.25, -0.2) is 0 Å². The van der Waals surface area contributed by atoms with Crippen LogP contribution in [0.1, 0.15) is 22.8 Å². The van der Waals surface area contributed by atoms with Crippen LogP contribution < -0.4 is 10.6 Å². The monoisotopic (exact) mass is 404 g/mol. The molecule has 0 radical (unpaired) electrons. The van der Waals surface area contributed by atoms with Crippen molar-refractivity contribution in [1.29, 1.82) is 0 Å². The third kappa shape index (κ3) is 5.07. The van der Waals surface area contributed by atoms with Gasteiger partial charge < -0.3 is 19.6 Å². The second-order valence-electron chi connectivity index (χ2n) is 4.48. The van der Waals surface area contributed by atoms with Crippen molar-refractivity contribution in [2.45, 2.75) is 26.8 Å². The zero-order valence-corrected chi connectivity index (χ0v) is 14.8. The normalized spacial score (nSPS) is 11.1. The highest BCUT2D eigenvalue weighted by Gasteiger charge is 2.08. The van der Waals surface area contributed by atoms with Gasteiger partial charge in [-0.3, -0.25) is 4.99 Å². The summed E-state index contributed by atoms with van der Waals surface area (Å²) in [6.07, 6.45) is 2.51. The molecule has 7 heteroatoms. The minimum Gasteiger partial charge on any atom is -0.467 e. The van der Waals surface area contributed by atoms with E-state index in [1.165, 1.54) is 0 Å². The molecule has 2 heterocycles. The van der Waals surface area contributed by atoms with E-state index < -0.39 is 0 Å². The van der Waals surface area contributed by atoms with Gasteiger partial charge in [-0.2, -0.15) is 0 Å². The smallest absolute Gasteiger partial charge is 0.191 e. The Balaban J connectivity index is 0.00000220. The lowest BCUT2D eigenvalue weighted by molar-refractivity contribution is 0.392. The number of halogens is 1. The molecule has 21 heavy (non-hydrogen) atoms. The van der Waals surface area contributed by atoms with Gasteiger partial charge >= 0.3 is 0 Å². The number of nitrogens with zero attached hydrogens (tertiary/aromatic N) is 2. The van der Waals surface area contributed by atoms with Gasteiger partial charge in [-0.05, 0) is 32.4 Å². The Hall–Kier alpha value is -1.51. The summed E-state index contributed by atoms with van der Waals surface area (Å²) >= 11 is 0. The van der Waals surface area contributed by atoms with Crippen molar-refractivity contribution in [3.8, 4) is 0 Å². The van der Waals surface area contributed by atoms with Crippen LogP contribution in [0.4, 0.5) is 0 Å². The standard InChI is InChI=1S/C14H20N4O2.HI/c1-10-13(11(2)20-18-10)6-7-16-14(15-3)17-9-12-5-4-8-19-12;/h4-5,8H,6-7,9H2,1-3H3,(H2,15,16,17);1H. The van der Waals surface area contributed by atoms with Gasteiger partial charge in [0.15, 0.2) is 5.96 Å². The van der Waals surface area contributed by atoms with Gasteiger partial charge in [0.25, 0.3) is 0 Å². The number of hydrogen-bond donors (Lipinski definition) is 2. The molecule has 0 saturated heterocycles. The number of nitrogens with one attached hydrogen (secondary N) is 2. The Bertz CT molecular complexity index is 544. The van der Waals surface area contributed by atoms with Crippen LogP contribution in [0, 0.1) is 13.8 Å². The van der Waals surface area contributed by atoms with Crippen molar-refractivity contribution in [2.75, 3.05) is 13.6 Å². The maximum atomic E-state index is 5.26. The fraction of sp³-hybridized carbons (Fsp3) is 0.429. The number of guanidine groups is 1. The van der Waals surface area contributed by atoms with E-state index in [0.29, 0.717) is 6.54 Å². The van der Waals surface area contributed by atoms with E-state index in [0.717, 1.165) is 41.7 Å². The molecular weight excluding hydrogens is 383 g/mol. The van der Waals surface area contributed by atoms with Crippen molar-refractivity contribution in [1.82, 2.24) is 15.8 Å². The average molecular weight is 404 g/mol. The molecule has 2 rings (SSSR count). The van der Waals surface area contributed by atoms with Crippen LogP contribution in [0.5, 0.6) is 0 Å². The summed E-state index contributed by atoms with van der Waals surface area (Å²) in [4.78, 5) is 4.16. The van der Waals surface area contributed by atoms with Gasteiger partial charge in [0.05, 0.1) is 18.5 Å². The van der Waals surface area contributed by atoms with E-state index in [2.05, 4.69) is 20.8 Å². The summed E-state index contributed by atoms with van der Waals surface area (Å²) in [5.74, 6) is 2.50. The Labute approximate surface area is 141 Å². The Morgan fingerprint density at radius 3 is 2.71 bits per heavy atom. The molecule has 0 aliphatic rings. The van der Waals surface area contributed by atoms with Crippen LogP contribution in [0.2, 0.25) is 0 Å². The molecule has 0 fully saturated rings. The van der Waals surface area contributed by atoms with E-state index in [1.807, 2.05) is 26.0 Å². The summed E-state index contributed by atoms with van der Waals surface area (Å²) in [6, 6.07) is 3.79. The number of aryl methyl sites for hydroxylation is 2. The fourth-order valence-electron chi connectivity index (χ4n) is 1.97. The van der Waals surface area contributed by atoms with Crippen LogP contribution in [0.15, 0.2) is 32.3 Å². The molecule has 2 aromatic heterocycles. The van der Waals surface area contributed by atoms with E-state index in [1.54, 1.807) is 13.3 Å². The zero-order chi connectivity index (χ0) is 14.4. The first-order valence-electron chi connectivity index (χ1n) is 6.59. The van der Waals surface area contributed by atoms with Crippen molar-refractivity contribution in [3.63, 3.8) is 0 Å². The van der Waals surface area contributed by atoms with Gasteiger partial charge in [-0.15, -0.1) is 24.0 Å². The lowest BCUT2D eigenvalue weighted by Crippen LogP contribution is -2.37. The van der Waals surface area contributed by atoms with Crippen molar-refractivity contribution in [3.05, 3.63) is 41.2 Å². The van der Waals surface area contributed by atoms with E-state index >= 15 is 0 Å². The first kappa shape index (κ1) is 17.5. The third-order valence-corrected chi connectivity index (χ3v) is 3.08. The topological polar surface area (TPSA) is 75.6 Å². The molecule has 0 bridgehead atoms. The molecule has 6 nitrogen and oxygen atoms in total. The Morgan fingerprint density at radius 2 is 2.14 bits per heavy atom. The summed E-state index contributed by atoms with van der Waals surface area (Å²) in [6.45, 7) is 5.26. The van der Waals surface area contributed by atoms with E-state index in [-0.39, 0.29) is 24.0 Å². The number of furan rings is 1. The van der Waals surface area contributed by atoms with Crippen LogP contribution in [0.25, 0.3) is 0 Å². The summed E-state index contributed by atoms with van der Waals surface area (Å²) in [7, 11) is 1.74. The van der Waals surface area contributed by atoms with Crippen molar-refractivity contribution < 1.29 is 8.94 Å². The second-order valence-corrected chi connectivity index (χ2v) is 4.48. The minimum atomic E-state index is 0. The van der Waals surface area contributed by atoms with Crippen LogP contribution in [0.3, 0.4) is 0 Å². The molecule has 116 valence electrons. The third-order valence-electron chi connectivity index (χ3n) is 3.08. The average Bonchev–Trinajstić information content (AvgIpc) is 3.06. The van der Waals surface area contributed by atoms with Crippen LogP contribution >= 0.6 is 24.0 Å². The summed E-state index contributed by atoms with van der Waals surface area (Å²) in [5.41, 5.74) is 2.10. The van der Waals surface area contributed by atoms with Gasteiger partial charge in [-0.1, -0.05) is 5.16 Å². The first-order valence-corrected chi connectivity index (χ1v) is 6.59. The molecule has 0 amide bonds. The largest absolute Gasteiger partial charge is 0.467 e. The zero-order valence-electron chi connectivity index (χ0n) is 12.5. The molecule has 0 unspecified atom stereocenters. The molecule has 0 atom stereocenters. The van der Waals surface area contributed by atoms with Crippen molar-refractivity contribution in [2.24, 2.45) is 4.99 Å². The first-order chi connectivity index (χ1) is 9.70. The SMILES string of the molecule is CN=C(NCCc1c(C)noc1C)NCc1ccco1.I. The molecule has 2 aromatic rings. The number of aromatic nitrogens is 1. The fourth-order valence-corrected chi connectivity index (χ4v) is 1.97. The molecule has 0 aromatic carbocycles.